The number of alkyl halides is 1. The molecule has 0 atom stereocenters. The molecule has 12 heteroatoms. The van der Waals surface area contributed by atoms with Crippen LogP contribution in [0.5, 0.6) is 0 Å². The average molecular weight is 842 g/mol. The largest absolute Gasteiger partial charge is 1.00 e. The molecule has 8 rings (SSSR count). The van der Waals surface area contributed by atoms with Crippen molar-refractivity contribution >= 4 is 72.4 Å². The van der Waals surface area contributed by atoms with E-state index in [1.54, 1.807) is 24.3 Å². The molecule has 0 spiro atoms. The van der Waals surface area contributed by atoms with Crippen LogP contribution in [-0.2, 0) is 16.6 Å². The molecule has 236 valence electrons. The van der Waals surface area contributed by atoms with E-state index < -0.39 is 0 Å². The number of carbonyl (C=O) groups excluding carboxylic acids is 1. The number of furan rings is 2. The number of benzene rings is 4. The Balaban J connectivity index is 0.000000168. The zero-order chi connectivity index (χ0) is 31.8. The monoisotopic (exact) mass is 842 g/mol. The maximum Gasteiger partial charge on any atom is 0.302 e. The highest BCUT2D eigenvalue weighted by atomic mass is 127. The molecule has 4 aromatic carbocycles. The van der Waals surface area contributed by atoms with Crippen molar-refractivity contribution in [2.75, 3.05) is 11.5 Å². The predicted molar refractivity (Wildman–Crippen MR) is 183 cm³/mol. The quantitative estimate of drug-likeness (QED) is 0.113. The third kappa shape index (κ3) is 7.55. The number of esters is 1. The molecule has 0 saturated carbocycles. The van der Waals surface area contributed by atoms with Crippen LogP contribution < -0.4 is 28.5 Å². The van der Waals surface area contributed by atoms with Crippen LogP contribution >= 0.6 is 22.6 Å². The van der Waals surface area contributed by atoms with Crippen molar-refractivity contribution in [2.45, 2.75) is 13.8 Å². The highest BCUT2D eigenvalue weighted by molar-refractivity contribution is 14.1. The molecule has 0 bridgehead atoms. The SMILES string of the molecule is CCOC(C)=O.CI.C[n+]1cnn(-c2cccc3c2oc2ccccc23)c1.[I-].c1ccc2c(c1)oc1c(-n3cncn3)cccc12. The number of carbonyl (C=O) groups is 1. The lowest BCUT2D eigenvalue weighted by Crippen LogP contribution is -3.00. The van der Waals surface area contributed by atoms with Crippen LogP contribution in [0, 0.1) is 0 Å². The summed E-state index contributed by atoms with van der Waals surface area (Å²) < 4.78 is 21.7. The number of hydrogen-bond acceptors (Lipinski definition) is 7. The molecule has 46 heavy (non-hydrogen) atoms. The Hall–Kier alpha value is -4.31. The molecule has 0 amide bonds. The fourth-order valence-electron chi connectivity index (χ4n) is 4.85. The van der Waals surface area contributed by atoms with Gasteiger partial charge in [0.15, 0.2) is 16.9 Å². The number of ether oxygens (including phenoxy) is 1. The van der Waals surface area contributed by atoms with Crippen LogP contribution in [0.15, 0.2) is 119 Å². The second-order valence-corrected chi connectivity index (χ2v) is 9.63. The van der Waals surface area contributed by atoms with Gasteiger partial charge in [-0.05, 0) is 36.1 Å². The zero-order valence-corrected chi connectivity index (χ0v) is 30.0. The molecule has 0 saturated heterocycles. The summed E-state index contributed by atoms with van der Waals surface area (Å²) in [6, 6.07) is 28.2. The molecule has 4 heterocycles. The van der Waals surface area contributed by atoms with Crippen LogP contribution in [0.3, 0.4) is 0 Å². The van der Waals surface area contributed by atoms with Gasteiger partial charge >= 0.3 is 5.97 Å². The lowest BCUT2D eigenvalue weighted by molar-refractivity contribution is -0.672. The smallest absolute Gasteiger partial charge is 0.302 e. The van der Waals surface area contributed by atoms with Crippen molar-refractivity contribution in [3.63, 3.8) is 0 Å². The minimum absolute atomic E-state index is 0. The number of rotatable bonds is 3. The van der Waals surface area contributed by atoms with E-state index >= 15 is 0 Å². The number of nitrogens with zero attached hydrogens (tertiary/aromatic N) is 6. The molecule has 0 aliphatic carbocycles. The average Bonchev–Trinajstić information content (AvgIpc) is 3.88. The summed E-state index contributed by atoms with van der Waals surface area (Å²) >= 11 is 2.15. The van der Waals surface area contributed by atoms with E-state index in [9.17, 15) is 4.79 Å². The highest BCUT2D eigenvalue weighted by Crippen LogP contribution is 2.33. The van der Waals surface area contributed by atoms with Gasteiger partial charge in [0.25, 0.3) is 6.33 Å². The number of aryl methyl sites for hydroxylation is 1. The Bertz CT molecular complexity index is 2170. The summed E-state index contributed by atoms with van der Waals surface area (Å²) in [5, 5.41) is 12.9. The standard InChI is InChI=1S/C15H12N3O.C14H9N3O.C4H8O2.CH3I.HI/c1-17-9-16-18(10-17)13-7-4-6-12-11-5-2-3-8-14(11)19-15(12)13;1-2-7-13-10(4-1)11-5-3-6-12(14(11)18-13)17-9-15-8-16-17;1-3-6-4(2)5;1-2;/h2-10H,1H3;1-9H;3H2,1-2H3;1H3;1H/q+1;;;;/p-1. The maximum atomic E-state index is 9.82. The van der Waals surface area contributed by atoms with Crippen LogP contribution in [0.4, 0.5) is 0 Å². The maximum absolute atomic E-state index is 9.82. The number of hydrogen-bond donors (Lipinski definition) is 0. The molecule has 0 unspecified atom stereocenters. The van der Waals surface area contributed by atoms with E-state index in [2.05, 4.69) is 66.8 Å². The van der Waals surface area contributed by atoms with Crippen LogP contribution in [-0.4, -0.2) is 42.1 Å². The molecule has 0 N–H and O–H groups in total. The summed E-state index contributed by atoms with van der Waals surface area (Å²) in [5.74, 6) is -0.211. The Morgan fingerprint density at radius 1 is 0.783 bits per heavy atom. The molecule has 0 fully saturated rings. The summed E-state index contributed by atoms with van der Waals surface area (Å²) in [6.07, 6.45) is 6.87. The van der Waals surface area contributed by atoms with Gasteiger partial charge < -0.3 is 37.5 Å². The zero-order valence-electron chi connectivity index (χ0n) is 25.7. The molecule has 8 aromatic rings. The first-order chi connectivity index (χ1) is 22.0. The molecule has 0 aliphatic rings. The van der Waals surface area contributed by atoms with Crippen molar-refractivity contribution in [3.8, 4) is 11.4 Å². The lowest BCUT2D eigenvalue weighted by Gasteiger charge is -2.00. The number of aromatic nitrogens is 6. The normalized spacial score (nSPS) is 10.3. The van der Waals surface area contributed by atoms with Crippen molar-refractivity contribution in [1.82, 2.24) is 24.5 Å². The minimum atomic E-state index is -0.211. The molecule has 0 aliphatic heterocycles. The second-order valence-electron chi connectivity index (χ2n) is 9.63. The van der Waals surface area contributed by atoms with E-state index in [4.69, 9.17) is 8.83 Å². The first-order valence-corrected chi connectivity index (χ1v) is 16.3. The van der Waals surface area contributed by atoms with Gasteiger partial charge in [-0.1, -0.05) is 87.9 Å². The van der Waals surface area contributed by atoms with E-state index in [1.807, 2.05) is 88.2 Å². The molecular formula is C34H32I2N6O4. The minimum Gasteiger partial charge on any atom is -1.00 e. The van der Waals surface area contributed by atoms with Gasteiger partial charge in [0, 0.05) is 33.6 Å². The molecule has 10 nitrogen and oxygen atoms in total. The third-order valence-corrected chi connectivity index (χ3v) is 6.68. The topological polar surface area (TPSA) is 105 Å². The van der Waals surface area contributed by atoms with E-state index in [0.717, 1.165) is 55.3 Å². The Kier molecular flexibility index (Phi) is 12.3. The first-order valence-electron chi connectivity index (χ1n) is 14.1. The van der Waals surface area contributed by atoms with Gasteiger partial charge in [0.2, 0.25) is 6.33 Å². The van der Waals surface area contributed by atoms with Crippen molar-refractivity contribution in [3.05, 3.63) is 110 Å². The Morgan fingerprint density at radius 2 is 1.30 bits per heavy atom. The molecule has 0 radical (unpaired) electrons. The molecule has 4 aromatic heterocycles. The fraction of sp³-hybridized carbons (Fsp3) is 0.147. The van der Waals surface area contributed by atoms with Crippen molar-refractivity contribution in [1.29, 1.82) is 0 Å². The second kappa shape index (κ2) is 16.3. The van der Waals surface area contributed by atoms with Crippen molar-refractivity contribution in [2.24, 2.45) is 7.05 Å². The first kappa shape index (κ1) is 34.6. The summed E-state index contributed by atoms with van der Waals surface area (Å²) in [4.78, 5) is 15.8. The fourth-order valence-corrected chi connectivity index (χ4v) is 4.85. The Morgan fingerprint density at radius 3 is 1.74 bits per heavy atom. The van der Waals surface area contributed by atoms with Gasteiger partial charge in [0.1, 0.15) is 29.5 Å². The van der Waals surface area contributed by atoms with Crippen LogP contribution in [0.2, 0.25) is 0 Å². The van der Waals surface area contributed by atoms with E-state index in [-0.39, 0.29) is 29.9 Å². The summed E-state index contributed by atoms with van der Waals surface area (Å²) in [6.45, 7) is 3.65. The third-order valence-electron chi connectivity index (χ3n) is 6.68. The van der Waals surface area contributed by atoms with Gasteiger partial charge in [-0.3, -0.25) is 4.79 Å². The van der Waals surface area contributed by atoms with Crippen LogP contribution in [0.1, 0.15) is 13.8 Å². The van der Waals surface area contributed by atoms with Gasteiger partial charge in [-0.25, -0.2) is 14.2 Å². The summed E-state index contributed by atoms with van der Waals surface area (Å²) in [7, 11) is 1.95. The Labute approximate surface area is 296 Å². The highest BCUT2D eigenvalue weighted by Gasteiger charge is 2.16. The van der Waals surface area contributed by atoms with Crippen molar-refractivity contribution < 1.29 is 46.9 Å². The lowest BCUT2D eigenvalue weighted by atomic mass is 10.1. The van der Waals surface area contributed by atoms with Gasteiger partial charge in [-0.2, -0.15) is 5.10 Å². The number of para-hydroxylation sites is 4. The number of halogens is 2. The van der Waals surface area contributed by atoms with Gasteiger partial charge in [-0.15, -0.1) is 0 Å². The molecular weight excluding hydrogens is 810 g/mol. The van der Waals surface area contributed by atoms with E-state index in [1.165, 1.54) is 13.3 Å². The number of fused-ring (bicyclic) bond motifs is 6. The summed E-state index contributed by atoms with van der Waals surface area (Å²) in [5.41, 5.74) is 5.36. The van der Waals surface area contributed by atoms with Gasteiger partial charge in [0.05, 0.1) is 13.7 Å². The van der Waals surface area contributed by atoms with Crippen LogP contribution in [0.25, 0.3) is 55.3 Å². The predicted octanol–water partition coefficient (Wildman–Crippen LogP) is 4.39. The van der Waals surface area contributed by atoms with E-state index in [0.29, 0.717) is 6.61 Å².